The normalized spacial score (nSPS) is 9.95. The molecule has 0 radical (unpaired) electrons. The van der Waals surface area contributed by atoms with E-state index in [-0.39, 0.29) is 5.91 Å². The molecule has 0 bridgehead atoms. The lowest BCUT2D eigenvalue weighted by Gasteiger charge is -2.17. The molecule has 0 heterocycles. The Morgan fingerprint density at radius 3 is 2.86 bits per heavy atom. The largest absolute Gasteiger partial charge is 0.497 e. The van der Waals surface area contributed by atoms with Crippen LogP contribution in [0.1, 0.15) is 18.1 Å². The van der Waals surface area contributed by atoms with Gasteiger partial charge in [-0.15, -0.1) is 0 Å². The van der Waals surface area contributed by atoms with E-state index in [4.69, 9.17) is 10.5 Å². The van der Waals surface area contributed by atoms with E-state index in [0.29, 0.717) is 26.2 Å². The molecule has 0 aliphatic heterocycles. The third-order valence-corrected chi connectivity index (χ3v) is 2.87. The average molecular weight is 289 g/mol. The molecule has 0 aliphatic carbocycles. The monoisotopic (exact) mass is 289 g/mol. The minimum atomic E-state index is 0.0116. The number of likely N-dealkylation sites (N-methyl/N-ethyl adjacent to an activating group) is 2. The minimum Gasteiger partial charge on any atom is -0.497 e. The van der Waals surface area contributed by atoms with Crippen LogP contribution in [0.5, 0.6) is 5.75 Å². The van der Waals surface area contributed by atoms with Crippen LogP contribution in [0.2, 0.25) is 0 Å². The number of methoxy groups -OCH3 is 1. The number of benzene rings is 1. The molecule has 5 heteroatoms. The van der Waals surface area contributed by atoms with Crippen molar-refractivity contribution in [3.8, 4) is 17.6 Å². The van der Waals surface area contributed by atoms with Crippen molar-refractivity contribution in [1.82, 2.24) is 10.2 Å². The van der Waals surface area contributed by atoms with E-state index in [0.717, 1.165) is 16.9 Å². The Hall–Kier alpha value is -2.03. The van der Waals surface area contributed by atoms with Gasteiger partial charge in [0.15, 0.2) is 0 Å². The molecule has 0 aromatic heterocycles. The summed E-state index contributed by atoms with van der Waals surface area (Å²) in [6, 6.07) is 5.72. The summed E-state index contributed by atoms with van der Waals surface area (Å²) in [5.41, 5.74) is 7.34. The van der Waals surface area contributed by atoms with Gasteiger partial charge < -0.3 is 15.8 Å². The van der Waals surface area contributed by atoms with Crippen molar-refractivity contribution in [2.45, 2.75) is 13.5 Å². The number of nitrogens with one attached hydrogen (secondary N) is 1. The highest BCUT2D eigenvalue weighted by Gasteiger charge is 2.09. The molecule has 0 aliphatic rings. The molecule has 1 aromatic rings. The lowest BCUT2D eigenvalue weighted by atomic mass is 10.1. The topological polar surface area (TPSA) is 67.6 Å². The molecule has 21 heavy (non-hydrogen) atoms. The maximum absolute atomic E-state index is 11.6. The van der Waals surface area contributed by atoms with Crippen LogP contribution < -0.4 is 15.8 Å². The molecule has 1 rings (SSSR count). The van der Waals surface area contributed by atoms with E-state index in [1.54, 1.807) is 7.11 Å². The van der Waals surface area contributed by atoms with Crippen LogP contribution >= 0.6 is 0 Å². The van der Waals surface area contributed by atoms with E-state index in [1.165, 1.54) is 0 Å². The number of amides is 1. The molecule has 0 atom stereocenters. The first-order chi connectivity index (χ1) is 10.1. The highest BCUT2D eigenvalue weighted by Crippen LogP contribution is 2.18. The van der Waals surface area contributed by atoms with Gasteiger partial charge >= 0.3 is 0 Å². The smallest absolute Gasteiger partial charge is 0.234 e. The molecule has 0 saturated carbocycles. The SMILES string of the molecule is CCNC(=O)CN(C)Cc1cc(OC)ccc1C#CCN. The van der Waals surface area contributed by atoms with Gasteiger partial charge in [0.1, 0.15) is 5.75 Å². The first-order valence-electron chi connectivity index (χ1n) is 6.91. The Labute approximate surface area is 126 Å². The van der Waals surface area contributed by atoms with Crippen molar-refractivity contribution in [3.05, 3.63) is 29.3 Å². The highest BCUT2D eigenvalue weighted by molar-refractivity contribution is 5.77. The highest BCUT2D eigenvalue weighted by atomic mass is 16.5. The summed E-state index contributed by atoms with van der Waals surface area (Å²) in [5, 5.41) is 2.78. The molecule has 0 spiro atoms. The Balaban J connectivity index is 2.85. The van der Waals surface area contributed by atoms with Gasteiger partial charge in [0.2, 0.25) is 5.91 Å². The van der Waals surface area contributed by atoms with Crippen molar-refractivity contribution in [1.29, 1.82) is 0 Å². The van der Waals surface area contributed by atoms with Gasteiger partial charge in [-0.3, -0.25) is 9.69 Å². The van der Waals surface area contributed by atoms with Crippen LogP contribution in [0.15, 0.2) is 18.2 Å². The summed E-state index contributed by atoms with van der Waals surface area (Å²) in [5.74, 6) is 6.69. The predicted octanol–water partition coefficient (Wildman–Crippen LogP) is 0.573. The number of rotatable bonds is 6. The van der Waals surface area contributed by atoms with Crippen molar-refractivity contribution in [3.63, 3.8) is 0 Å². The van der Waals surface area contributed by atoms with Gasteiger partial charge in [-0.1, -0.05) is 11.8 Å². The molecule has 1 aromatic carbocycles. The van der Waals surface area contributed by atoms with Crippen LogP contribution in [-0.2, 0) is 11.3 Å². The van der Waals surface area contributed by atoms with Gasteiger partial charge in [-0.2, -0.15) is 0 Å². The Kier molecular flexibility index (Phi) is 7.30. The van der Waals surface area contributed by atoms with Crippen LogP contribution in [0, 0.1) is 11.8 Å². The summed E-state index contributed by atoms with van der Waals surface area (Å²) in [6.07, 6.45) is 0. The van der Waals surface area contributed by atoms with E-state index < -0.39 is 0 Å². The second-order valence-electron chi connectivity index (χ2n) is 4.65. The molecule has 0 unspecified atom stereocenters. The first-order valence-corrected chi connectivity index (χ1v) is 6.91. The molecule has 114 valence electrons. The number of hydrogen-bond acceptors (Lipinski definition) is 4. The number of hydrogen-bond donors (Lipinski definition) is 2. The van der Waals surface area contributed by atoms with E-state index in [1.807, 2.05) is 37.1 Å². The van der Waals surface area contributed by atoms with Crippen molar-refractivity contribution < 1.29 is 9.53 Å². The van der Waals surface area contributed by atoms with Crippen LogP contribution in [0.3, 0.4) is 0 Å². The molecular formula is C16H23N3O2. The van der Waals surface area contributed by atoms with Crippen LogP contribution in [0.4, 0.5) is 0 Å². The summed E-state index contributed by atoms with van der Waals surface area (Å²) in [6.45, 7) is 3.82. The summed E-state index contributed by atoms with van der Waals surface area (Å²) in [7, 11) is 3.53. The van der Waals surface area contributed by atoms with Crippen molar-refractivity contribution >= 4 is 5.91 Å². The lowest BCUT2D eigenvalue weighted by molar-refractivity contribution is -0.121. The fraction of sp³-hybridized carbons (Fsp3) is 0.438. The quantitative estimate of drug-likeness (QED) is 0.752. The Morgan fingerprint density at radius 1 is 1.48 bits per heavy atom. The average Bonchev–Trinajstić information content (AvgIpc) is 2.45. The molecule has 1 amide bonds. The zero-order valence-electron chi connectivity index (χ0n) is 12.9. The summed E-state index contributed by atoms with van der Waals surface area (Å²) < 4.78 is 5.24. The zero-order valence-corrected chi connectivity index (χ0v) is 12.9. The van der Waals surface area contributed by atoms with E-state index in [9.17, 15) is 4.79 Å². The van der Waals surface area contributed by atoms with Gasteiger partial charge in [-0.05, 0) is 37.7 Å². The summed E-state index contributed by atoms with van der Waals surface area (Å²) >= 11 is 0. The first kappa shape index (κ1) is 17.0. The zero-order chi connectivity index (χ0) is 15.7. The molecule has 3 N–H and O–H groups in total. The number of ether oxygens (including phenoxy) is 1. The lowest BCUT2D eigenvalue weighted by Crippen LogP contribution is -2.34. The number of carbonyl (C=O) groups is 1. The van der Waals surface area contributed by atoms with Gasteiger partial charge in [0.25, 0.3) is 0 Å². The van der Waals surface area contributed by atoms with E-state index >= 15 is 0 Å². The summed E-state index contributed by atoms with van der Waals surface area (Å²) in [4.78, 5) is 13.5. The van der Waals surface area contributed by atoms with Crippen LogP contribution in [0.25, 0.3) is 0 Å². The third-order valence-electron chi connectivity index (χ3n) is 2.87. The van der Waals surface area contributed by atoms with Crippen molar-refractivity contribution in [2.75, 3.05) is 33.8 Å². The van der Waals surface area contributed by atoms with Gasteiger partial charge in [0, 0.05) is 18.7 Å². The minimum absolute atomic E-state index is 0.0116. The number of carbonyl (C=O) groups excluding carboxylic acids is 1. The molecular weight excluding hydrogens is 266 g/mol. The molecule has 0 saturated heterocycles. The standard InChI is InChI=1S/C16H23N3O2/c1-4-18-16(20)12-19(2)11-14-10-15(21-3)8-7-13(14)6-5-9-17/h7-8,10H,4,9,11-12,17H2,1-3H3,(H,18,20). The van der Waals surface area contributed by atoms with Gasteiger partial charge in [0.05, 0.1) is 20.2 Å². The Morgan fingerprint density at radius 2 is 2.24 bits per heavy atom. The fourth-order valence-electron chi connectivity index (χ4n) is 1.94. The number of nitrogens with two attached hydrogens (primary N) is 1. The second-order valence-corrected chi connectivity index (χ2v) is 4.65. The second kappa shape index (κ2) is 9.01. The molecule has 0 fully saturated rings. The van der Waals surface area contributed by atoms with Crippen molar-refractivity contribution in [2.24, 2.45) is 5.73 Å². The van der Waals surface area contributed by atoms with Crippen LogP contribution in [-0.4, -0.2) is 44.6 Å². The maximum atomic E-state index is 11.6. The number of nitrogens with zero attached hydrogens (tertiary/aromatic N) is 1. The predicted molar refractivity (Wildman–Crippen MR) is 83.9 cm³/mol. The Bertz CT molecular complexity index is 532. The maximum Gasteiger partial charge on any atom is 0.234 e. The molecule has 5 nitrogen and oxygen atoms in total. The van der Waals surface area contributed by atoms with E-state index in [2.05, 4.69) is 17.2 Å². The van der Waals surface area contributed by atoms with Gasteiger partial charge in [-0.25, -0.2) is 0 Å². The fourth-order valence-corrected chi connectivity index (χ4v) is 1.94. The third kappa shape index (κ3) is 5.86.